The predicted octanol–water partition coefficient (Wildman–Crippen LogP) is 0.569. The number of carbonyl (C=O) groups is 1. The second-order valence-corrected chi connectivity index (χ2v) is 5.33. The lowest BCUT2D eigenvalue weighted by atomic mass is 10.1. The Morgan fingerprint density at radius 2 is 1.87 bits per heavy atom. The molecule has 15 heavy (non-hydrogen) atoms. The molecule has 3 N–H and O–H groups in total. The highest BCUT2D eigenvalue weighted by Crippen LogP contribution is 2.03. The Morgan fingerprint density at radius 3 is 2.20 bits per heavy atom. The van der Waals surface area contributed by atoms with Crippen LogP contribution in [0.3, 0.4) is 0 Å². The molecule has 0 aromatic heterocycles. The van der Waals surface area contributed by atoms with E-state index in [2.05, 4.69) is 5.32 Å². The third kappa shape index (κ3) is 6.47. The van der Waals surface area contributed by atoms with Crippen molar-refractivity contribution in [1.82, 2.24) is 10.2 Å². The van der Waals surface area contributed by atoms with Gasteiger partial charge in [0.25, 0.3) is 0 Å². The van der Waals surface area contributed by atoms with E-state index in [1.54, 1.807) is 0 Å². The van der Waals surface area contributed by atoms with Crippen LogP contribution in [0.15, 0.2) is 0 Å². The Labute approximate surface area is 93.2 Å². The van der Waals surface area contributed by atoms with Crippen LogP contribution in [0, 0.1) is 0 Å². The first-order valence-electron chi connectivity index (χ1n) is 5.41. The normalized spacial score (nSPS) is 16.3. The highest BCUT2D eigenvalue weighted by atomic mass is 16.2. The molecule has 0 aromatic rings. The average Bonchev–Trinajstić information content (AvgIpc) is 1.98. The maximum atomic E-state index is 11.8. The lowest BCUT2D eigenvalue weighted by Crippen LogP contribution is -2.51. The Hall–Kier alpha value is -0.610. The quantitative estimate of drug-likeness (QED) is 0.721. The van der Waals surface area contributed by atoms with E-state index in [1.807, 2.05) is 46.6 Å². The number of likely N-dealkylation sites (N-methyl/N-ethyl adjacent to an activating group) is 1. The van der Waals surface area contributed by atoms with Crippen LogP contribution in [0.2, 0.25) is 0 Å². The molecule has 2 unspecified atom stereocenters. The Morgan fingerprint density at radius 1 is 1.40 bits per heavy atom. The predicted molar refractivity (Wildman–Crippen MR) is 63.6 cm³/mol. The van der Waals surface area contributed by atoms with Gasteiger partial charge < -0.3 is 11.1 Å². The van der Waals surface area contributed by atoms with Gasteiger partial charge in [0.15, 0.2) is 0 Å². The topological polar surface area (TPSA) is 58.4 Å². The van der Waals surface area contributed by atoms with Crippen molar-refractivity contribution in [2.75, 3.05) is 13.6 Å². The summed E-state index contributed by atoms with van der Waals surface area (Å²) in [7, 11) is 1.91. The summed E-state index contributed by atoms with van der Waals surface area (Å²) < 4.78 is 0. The van der Waals surface area contributed by atoms with Crippen molar-refractivity contribution in [1.29, 1.82) is 0 Å². The van der Waals surface area contributed by atoms with Crippen molar-refractivity contribution in [2.45, 2.75) is 52.2 Å². The van der Waals surface area contributed by atoms with Gasteiger partial charge in [-0.05, 0) is 41.7 Å². The van der Waals surface area contributed by atoms with Gasteiger partial charge in [-0.2, -0.15) is 0 Å². The summed E-state index contributed by atoms with van der Waals surface area (Å²) in [4.78, 5) is 13.8. The monoisotopic (exact) mass is 215 g/mol. The summed E-state index contributed by atoms with van der Waals surface area (Å²) >= 11 is 0. The van der Waals surface area contributed by atoms with E-state index < -0.39 is 0 Å². The molecule has 4 nitrogen and oxygen atoms in total. The van der Waals surface area contributed by atoms with Crippen LogP contribution < -0.4 is 11.1 Å². The molecule has 0 saturated heterocycles. The molecular weight excluding hydrogens is 190 g/mol. The van der Waals surface area contributed by atoms with Crippen molar-refractivity contribution >= 4 is 5.91 Å². The number of hydrogen-bond acceptors (Lipinski definition) is 3. The zero-order valence-corrected chi connectivity index (χ0v) is 10.8. The molecule has 90 valence electrons. The first-order valence-corrected chi connectivity index (χ1v) is 5.41. The second kappa shape index (κ2) is 5.47. The van der Waals surface area contributed by atoms with Crippen LogP contribution in [0.25, 0.3) is 0 Å². The molecule has 0 spiro atoms. The highest BCUT2D eigenvalue weighted by Gasteiger charge is 2.22. The molecule has 0 rings (SSSR count). The molecule has 0 aliphatic heterocycles. The smallest absolute Gasteiger partial charge is 0.237 e. The Bertz CT molecular complexity index is 208. The van der Waals surface area contributed by atoms with E-state index in [-0.39, 0.29) is 23.5 Å². The summed E-state index contributed by atoms with van der Waals surface area (Å²) in [6.07, 6.45) is 0. The molecule has 1 amide bonds. The number of nitrogens with zero attached hydrogens (tertiary/aromatic N) is 1. The van der Waals surface area contributed by atoms with Gasteiger partial charge in [-0.25, -0.2) is 0 Å². The maximum Gasteiger partial charge on any atom is 0.237 e. The van der Waals surface area contributed by atoms with Gasteiger partial charge in [0, 0.05) is 18.1 Å². The number of amides is 1. The summed E-state index contributed by atoms with van der Waals surface area (Å²) in [5, 5.41) is 2.95. The van der Waals surface area contributed by atoms with E-state index in [4.69, 9.17) is 5.73 Å². The summed E-state index contributed by atoms with van der Waals surface area (Å²) in [6, 6.07) is -0.0601. The van der Waals surface area contributed by atoms with E-state index in [0.717, 1.165) is 6.54 Å². The van der Waals surface area contributed by atoms with Crippen LogP contribution in [0.1, 0.15) is 34.6 Å². The lowest BCUT2D eigenvalue weighted by molar-refractivity contribution is -0.126. The number of nitrogens with two attached hydrogens (primary N) is 1. The highest BCUT2D eigenvalue weighted by molar-refractivity contribution is 5.81. The van der Waals surface area contributed by atoms with Gasteiger partial charge in [0.05, 0.1) is 6.04 Å². The molecule has 0 saturated carbocycles. The van der Waals surface area contributed by atoms with Crippen molar-refractivity contribution < 1.29 is 4.79 Å². The Kier molecular flexibility index (Phi) is 5.24. The van der Waals surface area contributed by atoms with Crippen molar-refractivity contribution in [3.63, 3.8) is 0 Å². The molecule has 4 heteroatoms. The summed E-state index contributed by atoms with van der Waals surface area (Å²) in [6.45, 7) is 10.5. The van der Waals surface area contributed by atoms with E-state index >= 15 is 0 Å². The van der Waals surface area contributed by atoms with Gasteiger partial charge >= 0.3 is 0 Å². The van der Waals surface area contributed by atoms with Crippen LogP contribution in [-0.2, 0) is 4.79 Å². The molecule has 0 aromatic carbocycles. The number of hydrogen-bond donors (Lipinski definition) is 2. The zero-order chi connectivity index (χ0) is 12.2. The van der Waals surface area contributed by atoms with Crippen molar-refractivity contribution in [3.05, 3.63) is 0 Å². The van der Waals surface area contributed by atoms with Crippen LogP contribution in [-0.4, -0.2) is 42.0 Å². The third-order valence-electron chi connectivity index (χ3n) is 2.11. The minimum atomic E-state index is -0.180. The fourth-order valence-electron chi connectivity index (χ4n) is 1.29. The third-order valence-corrected chi connectivity index (χ3v) is 2.11. The first kappa shape index (κ1) is 14.4. The van der Waals surface area contributed by atoms with E-state index in [0.29, 0.717) is 0 Å². The Balaban J connectivity index is 4.20. The number of carbonyl (C=O) groups excluding carboxylic acids is 1. The van der Waals surface area contributed by atoms with Crippen LogP contribution >= 0.6 is 0 Å². The average molecular weight is 215 g/mol. The number of nitrogens with one attached hydrogen (secondary N) is 1. The molecule has 0 radical (unpaired) electrons. The summed E-state index contributed by atoms with van der Waals surface area (Å²) in [5.41, 5.74) is 5.51. The lowest BCUT2D eigenvalue weighted by Gasteiger charge is -2.29. The zero-order valence-electron chi connectivity index (χ0n) is 10.8. The summed E-state index contributed by atoms with van der Waals surface area (Å²) in [5.74, 6) is 0.0469. The molecular formula is C11H25N3O. The van der Waals surface area contributed by atoms with Crippen LogP contribution in [0.4, 0.5) is 0 Å². The van der Waals surface area contributed by atoms with Crippen LogP contribution in [0.5, 0.6) is 0 Å². The number of rotatable bonds is 4. The fourth-order valence-corrected chi connectivity index (χ4v) is 1.29. The second-order valence-electron chi connectivity index (χ2n) is 5.33. The maximum absolute atomic E-state index is 11.8. The molecule has 0 aliphatic carbocycles. The SMILES string of the molecule is CC(N)CN(C)C(C)C(=O)NC(C)(C)C. The minimum Gasteiger partial charge on any atom is -0.350 e. The van der Waals surface area contributed by atoms with Gasteiger partial charge in [0.1, 0.15) is 0 Å². The molecule has 0 heterocycles. The van der Waals surface area contributed by atoms with Crippen molar-refractivity contribution in [3.8, 4) is 0 Å². The molecule has 2 atom stereocenters. The van der Waals surface area contributed by atoms with Gasteiger partial charge in [-0.15, -0.1) is 0 Å². The van der Waals surface area contributed by atoms with Gasteiger partial charge in [-0.3, -0.25) is 9.69 Å². The molecule has 0 bridgehead atoms. The molecule has 0 aliphatic rings. The van der Waals surface area contributed by atoms with E-state index in [9.17, 15) is 4.79 Å². The van der Waals surface area contributed by atoms with Crippen molar-refractivity contribution in [2.24, 2.45) is 5.73 Å². The minimum absolute atomic E-state index is 0.0469. The van der Waals surface area contributed by atoms with Gasteiger partial charge in [0.2, 0.25) is 5.91 Å². The standard InChI is InChI=1S/C11H25N3O/c1-8(12)7-14(6)9(2)10(15)13-11(3,4)5/h8-9H,7,12H2,1-6H3,(H,13,15). The molecule has 0 fully saturated rings. The van der Waals surface area contributed by atoms with Gasteiger partial charge in [-0.1, -0.05) is 0 Å². The van der Waals surface area contributed by atoms with E-state index in [1.165, 1.54) is 0 Å². The largest absolute Gasteiger partial charge is 0.350 e. The fraction of sp³-hybridized carbons (Fsp3) is 0.909. The first-order chi connectivity index (χ1) is 6.63.